The van der Waals surface area contributed by atoms with Crippen LogP contribution in [0.4, 0.5) is 0 Å². The Balaban J connectivity index is 1.44. The lowest BCUT2D eigenvalue weighted by atomic mass is 9.97. The van der Waals surface area contributed by atoms with Gasteiger partial charge in [-0.1, -0.05) is 6.92 Å². The Morgan fingerprint density at radius 3 is 2.85 bits per heavy atom. The fourth-order valence-corrected chi connectivity index (χ4v) is 3.96. The van der Waals surface area contributed by atoms with Crippen LogP contribution in [-0.4, -0.2) is 51.9 Å². The molecule has 0 N–H and O–H groups in total. The average Bonchev–Trinajstić information content (AvgIpc) is 3.40. The molecule has 3 aromatic heterocycles. The summed E-state index contributed by atoms with van der Waals surface area (Å²) in [4.78, 5) is 11.2. The summed E-state index contributed by atoms with van der Waals surface area (Å²) in [6.07, 6.45) is 13.0. The summed E-state index contributed by atoms with van der Waals surface area (Å²) in [6.45, 7) is 6.98. The maximum Gasteiger partial charge on any atom is 0.152 e. The van der Waals surface area contributed by atoms with Crippen LogP contribution in [0, 0.1) is 0 Å². The molecule has 1 aliphatic heterocycles. The number of likely N-dealkylation sites (tertiary alicyclic amines) is 1. The highest BCUT2D eigenvalue weighted by Crippen LogP contribution is 2.26. The fraction of sp³-hybridized carbons (Fsp3) is 0.579. The zero-order valence-electron chi connectivity index (χ0n) is 16.2. The highest BCUT2D eigenvalue weighted by molar-refractivity contribution is 5.05. The van der Waals surface area contributed by atoms with Crippen molar-refractivity contribution in [3.05, 3.63) is 48.6 Å². The third-order valence-corrected chi connectivity index (χ3v) is 5.38. The van der Waals surface area contributed by atoms with Crippen LogP contribution in [0.3, 0.4) is 0 Å². The zero-order valence-corrected chi connectivity index (χ0v) is 16.2. The summed E-state index contributed by atoms with van der Waals surface area (Å²) in [5.74, 6) is 3.64. The van der Waals surface area contributed by atoms with E-state index in [1.165, 1.54) is 6.42 Å². The standard InChI is InChI=1S/C19H28N8/c1-3-8-27-11-7-21-17(27)13-25-9-4-5-16(12-25)19-23-22-18(24(19)2)14-26-10-6-20-15-26/h6-7,10-11,15-16H,3-5,8-9,12-14H2,1-2H3/t16-/m1/s1. The van der Waals surface area contributed by atoms with Crippen molar-refractivity contribution in [2.24, 2.45) is 7.05 Å². The SMILES string of the molecule is CCCn1ccnc1CN1CCC[C@@H](c2nnc(Cn3ccnc3)n2C)C1. The van der Waals surface area contributed by atoms with Crippen LogP contribution < -0.4 is 0 Å². The molecular weight excluding hydrogens is 340 g/mol. The number of aryl methyl sites for hydroxylation is 1. The molecule has 144 valence electrons. The number of hydrogen-bond acceptors (Lipinski definition) is 5. The van der Waals surface area contributed by atoms with E-state index in [2.05, 4.69) is 54.4 Å². The lowest BCUT2D eigenvalue weighted by Gasteiger charge is -2.32. The van der Waals surface area contributed by atoms with Gasteiger partial charge in [0.1, 0.15) is 11.6 Å². The first-order valence-corrected chi connectivity index (χ1v) is 9.81. The molecule has 0 saturated carbocycles. The van der Waals surface area contributed by atoms with Crippen LogP contribution in [0.2, 0.25) is 0 Å². The Labute approximate surface area is 159 Å². The van der Waals surface area contributed by atoms with Crippen LogP contribution in [0.1, 0.15) is 49.6 Å². The minimum Gasteiger partial charge on any atom is -0.334 e. The van der Waals surface area contributed by atoms with E-state index in [1.807, 2.05) is 23.3 Å². The molecule has 0 radical (unpaired) electrons. The van der Waals surface area contributed by atoms with Crippen molar-refractivity contribution in [2.75, 3.05) is 13.1 Å². The minimum atomic E-state index is 0.419. The second kappa shape index (κ2) is 8.04. The van der Waals surface area contributed by atoms with Crippen molar-refractivity contribution in [1.82, 2.24) is 38.8 Å². The minimum absolute atomic E-state index is 0.419. The van der Waals surface area contributed by atoms with E-state index in [4.69, 9.17) is 0 Å². The molecule has 0 aliphatic carbocycles. The first-order chi connectivity index (χ1) is 13.2. The molecule has 0 amide bonds. The summed E-state index contributed by atoms with van der Waals surface area (Å²) in [6, 6.07) is 0. The van der Waals surface area contributed by atoms with Crippen molar-refractivity contribution in [3.63, 3.8) is 0 Å². The van der Waals surface area contributed by atoms with Crippen molar-refractivity contribution < 1.29 is 0 Å². The van der Waals surface area contributed by atoms with Gasteiger partial charge in [0.15, 0.2) is 5.82 Å². The molecule has 4 heterocycles. The highest BCUT2D eigenvalue weighted by atomic mass is 15.3. The van der Waals surface area contributed by atoms with Crippen molar-refractivity contribution in [2.45, 2.75) is 51.7 Å². The molecule has 1 aliphatic rings. The maximum absolute atomic E-state index is 4.57. The molecule has 0 bridgehead atoms. The average molecular weight is 368 g/mol. The van der Waals surface area contributed by atoms with Gasteiger partial charge in [-0.15, -0.1) is 10.2 Å². The van der Waals surface area contributed by atoms with Gasteiger partial charge in [-0.05, 0) is 25.8 Å². The second-order valence-electron chi connectivity index (χ2n) is 7.38. The monoisotopic (exact) mass is 368 g/mol. The quantitative estimate of drug-likeness (QED) is 0.638. The largest absolute Gasteiger partial charge is 0.334 e. The van der Waals surface area contributed by atoms with Crippen molar-refractivity contribution in [3.8, 4) is 0 Å². The van der Waals surface area contributed by atoms with E-state index in [0.29, 0.717) is 12.5 Å². The highest BCUT2D eigenvalue weighted by Gasteiger charge is 2.26. The van der Waals surface area contributed by atoms with E-state index in [0.717, 1.165) is 56.5 Å². The molecule has 1 saturated heterocycles. The molecule has 27 heavy (non-hydrogen) atoms. The normalized spacial score (nSPS) is 18.2. The summed E-state index contributed by atoms with van der Waals surface area (Å²) < 4.78 is 6.45. The molecule has 8 nitrogen and oxygen atoms in total. The van der Waals surface area contributed by atoms with E-state index >= 15 is 0 Å². The van der Waals surface area contributed by atoms with Gasteiger partial charge in [0.25, 0.3) is 0 Å². The van der Waals surface area contributed by atoms with E-state index < -0.39 is 0 Å². The predicted molar refractivity (Wildman–Crippen MR) is 102 cm³/mol. The van der Waals surface area contributed by atoms with Gasteiger partial charge in [-0.2, -0.15) is 0 Å². The summed E-state index contributed by atoms with van der Waals surface area (Å²) in [7, 11) is 2.08. The van der Waals surface area contributed by atoms with Crippen LogP contribution in [-0.2, 0) is 26.7 Å². The molecule has 1 fully saturated rings. The second-order valence-corrected chi connectivity index (χ2v) is 7.38. The fourth-order valence-electron chi connectivity index (χ4n) is 3.96. The topological polar surface area (TPSA) is 69.6 Å². The Morgan fingerprint density at radius 2 is 2.04 bits per heavy atom. The Kier molecular flexibility index (Phi) is 5.33. The molecule has 0 unspecified atom stereocenters. The van der Waals surface area contributed by atoms with Gasteiger partial charge in [0.2, 0.25) is 0 Å². The number of rotatable bonds is 7. The first kappa shape index (κ1) is 17.9. The summed E-state index contributed by atoms with van der Waals surface area (Å²) >= 11 is 0. The number of hydrogen-bond donors (Lipinski definition) is 0. The van der Waals surface area contributed by atoms with Crippen LogP contribution in [0.15, 0.2) is 31.1 Å². The van der Waals surface area contributed by atoms with Crippen LogP contribution in [0.5, 0.6) is 0 Å². The lowest BCUT2D eigenvalue weighted by Crippen LogP contribution is -2.35. The molecule has 3 aromatic rings. The number of aromatic nitrogens is 7. The van der Waals surface area contributed by atoms with Gasteiger partial charge in [0.05, 0.1) is 19.4 Å². The van der Waals surface area contributed by atoms with E-state index in [1.54, 1.807) is 6.20 Å². The lowest BCUT2D eigenvalue weighted by molar-refractivity contribution is 0.188. The van der Waals surface area contributed by atoms with E-state index in [9.17, 15) is 0 Å². The Morgan fingerprint density at radius 1 is 1.11 bits per heavy atom. The maximum atomic E-state index is 4.57. The number of nitrogens with zero attached hydrogens (tertiary/aromatic N) is 8. The van der Waals surface area contributed by atoms with Gasteiger partial charge in [-0.3, -0.25) is 4.90 Å². The molecule has 4 rings (SSSR count). The molecule has 1 atom stereocenters. The predicted octanol–water partition coefficient (Wildman–Crippen LogP) is 2.05. The van der Waals surface area contributed by atoms with Crippen molar-refractivity contribution >= 4 is 0 Å². The third kappa shape index (κ3) is 3.95. The smallest absolute Gasteiger partial charge is 0.152 e. The zero-order chi connectivity index (χ0) is 18.6. The van der Waals surface area contributed by atoms with Crippen LogP contribution in [0.25, 0.3) is 0 Å². The summed E-state index contributed by atoms with van der Waals surface area (Å²) in [5, 5.41) is 8.96. The molecule has 0 spiro atoms. The van der Waals surface area contributed by atoms with Crippen LogP contribution >= 0.6 is 0 Å². The Bertz CT molecular complexity index is 847. The Hall–Kier alpha value is -2.48. The molecule has 0 aromatic carbocycles. The molecule has 8 heteroatoms. The van der Waals surface area contributed by atoms with E-state index in [-0.39, 0.29) is 0 Å². The molecular formula is C19H28N8. The third-order valence-electron chi connectivity index (χ3n) is 5.38. The van der Waals surface area contributed by atoms with Gasteiger partial charge >= 0.3 is 0 Å². The van der Waals surface area contributed by atoms with Gasteiger partial charge < -0.3 is 13.7 Å². The number of imidazole rings is 2. The van der Waals surface area contributed by atoms with Gasteiger partial charge in [0, 0.05) is 50.8 Å². The number of piperidine rings is 1. The summed E-state index contributed by atoms with van der Waals surface area (Å²) in [5.41, 5.74) is 0. The van der Waals surface area contributed by atoms with Crippen molar-refractivity contribution in [1.29, 1.82) is 0 Å². The first-order valence-electron chi connectivity index (χ1n) is 9.81. The van der Waals surface area contributed by atoms with Gasteiger partial charge in [-0.25, -0.2) is 9.97 Å².